The summed E-state index contributed by atoms with van der Waals surface area (Å²) in [6.45, 7) is 0.880. The van der Waals surface area contributed by atoms with Crippen molar-refractivity contribution in [2.24, 2.45) is 0 Å². The molecule has 1 aliphatic carbocycles. The van der Waals surface area contributed by atoms with Crippen molar-refractivity contribution in [1.29, 1.82) is 0 Å². The van der Waals surface area contributed by atoms with Gasteiger partial charge in [0.15, 0.2) is 5.11 Å². The molecule has 3 nitrogen and oxygen atoms in total. The number of H-pyrrole nitrogens is 1. The van der Waals surface area contributed by atoms with Crippen LogP contribution in [0.25, 0.3) is 10.9 Å². The molecular formula is C17H23N3S. The van der Waals surface area contributed by atoms with Crippen LogP contribution in [0.3, 0.4) is 0 Å². The van der Waals surface area contributed by atoms with Crippen LogP contribution in [0.4, 0.5) is 0 Å². The summed E-state index contributed by atoms with van der Waals surface area (Å²) in [6.07, 6.45) is 9.51. The third-order valence-electron chi connectivity index (χ3n) is 4.26. The molecule has 2 aromatic rings. The lowest BCUT2D eigenvalue weighted by Crippen LogP contribution is -2.43. The maximum Gasteiger partial charge on any atom is 0.166 e. The number of hydrogen-bond donors (Lipinski definition) is 3. The molecule has 1 heterocycles. The van der Waals surface area contributed by atoms with Crippen molar-refractivity contribution in [1.82, 2.24) is 15.6 Å². The zero-order chi connectivity index (χ0) is 14.5. The molecule has 1 aromatic heterocycles. The summed E-state index contributed by atoms with van der Waals surface area (Å²) in [5.41, 5.74) is 2.54. The molecule has 3 rings (SSSR count). The molecule has 1 aromatic carbocycles. The Kier molecular flexibility index (Phi) is 4.76. The number of fused-ring (bicyclic) bond motifs is 1. The van der Waals surface area contributed by atoms with Gasteiger partial charge in [0.25, 0.3) is 0 Å². The van der Waals surface area contributed by atoms with Gasteiger partial charge in [0.05, 0.1) is 0 Å². The van der Waals surface area contributed by atoms with Gasteiger partial charge in [-0.2, -0.15) is 0 Å². The monoisotopic (exact) mass is 301 g/mol. The summed E-state index contributed by atoms with van der Waals surface area (Å²) < 4.78 is 0. The second-order valence-electron chi connectivity index (χ2n) is 5.88. The number of nitrogens with one attached hydrogen (secondary N) is 3. The summed E-state index contributed by atoms with van der Waals surface area (Å²) in [5.74, 6) is 0. The third kappa shape index (κ3) is 3.97. The number of benzene rings is 1. The maximum absolute atomic E-state index is 5.39. The minimum Gasteiger partial charge on any atom is -0.362 e. The fourth-order valence-corrected chi connectivity index (χ4v) is 3.32. The van der Waals surface area contributed by atoms with Crippen molar-refractivity contribution >= 4 is 28.2 Å². The van der Waals surface area contributed by atoms with E-state index in [1.54, 1.807) is 0 Å². The van der Waals surface area contributed by atoms with E-state index in [0.29, 0.717) is 6.04 Å². The van der Waals surface area contributed by atoms with Crippen LogP contribution >= 0.6 is 12.2 Å². The van der Waals surface area contributed by atoms with Crippen molar-refractivity contribution < 1.29 is 0 Å². The predicted molar refractivity (Wildman–Crippen MR) is 92.6 cm³/mol. The first-order valence-electron chi connectivity index (χ1n) is 7.92. The standard InChI is InChI=1S/C17H23N3S/c21-17(20-15-4-2-1-3-5-15)19-10-8-13-6-7-14-9-11-18-16(14)12-13/h6-7,9,11-12,15,18H,1-5,8,10H2,(H2,19,20,21). The predicted octanol–water partition coefficient (Wildman–Crippen LogP) is 3.51. The summed E-state index contributed by atoms with van der Waals surface area (Å²) in [4.78, 5) is 3.25. The molecule has 3 N–H and O–H groups in total. The molecule has 21 heavy (non-hydrogen) atoms. The quantitative estimate of drug-likeness (QED) is 0.757. The number of hydrogen-bond acceptors (Lipinski definition) is 1. The van der Waals surface area contributed by atoms with Gasteiger partial charge in [-0.1, -0.05) is 31.4 Å². The highest BCUT2D eigenvalue weighted by Gasteiger charge is 2.13. The van der Waals surface area contributed by atoms with Gasteiger partial charge in [0.2, 0.25) is 0 Å². The Morgan fingerprint density at radius 3 is 2.90 bits per heavy atom. The van der Waals surface area contributed by atoms with E-state index >= 15 is 0 Å². The van der Waals surface area contributed by atoms with Gasteiger partial charge in [0.1, 0.15) is 0 Å². The second kappa shape index (κ2) is 6.94. The molecule has 0 atom stereocenters. The van der Waals surface area contributed by atoms with Crippen molar-refractivity contribution in [2.45, 2.75) is 44.6 Å². The van der Waals surface area contributed by atoms with Crippen LogP contribution < -0.4 is 10.6 Å². The topological polar surface area (TPSA) is 39.9 Å². The molecule has 1 saturated carbocycles. The third-order valence-corrected chi connectivity index (χ3v) is 4.52. The summed E-state index contributed by atoms with van der Waals surface area (Å²) in [5, 5.41) is 8.85. The average Bonchev–Trinajstić information content (AvgIpc) is 2.96. The molecular weight excluding hydrogens is 278 g/mol. The molecule has 1 aliphatic rings. The van der Waals surface area contributed by atoms with E-state index in [0.717, 1.165) is 18.1 Å². The Hall–Kier alpha value is -1.55. The molecule has 1 fully saturated rings. The molecule has 0 radical (unpaired) electrons. The summed E-state index contributed by atoms with van der Waals surface area (Å²) in [7, 11) is 0. The largest absolute Gasteiger partial charge is 0.362 e. The van der Waals surface area contributed by atoms with Crippen LogP contribution in [0.1, 0.15) is 37.7 Å². The van der Waals surface area contributed by atoms with Gasteiger partial charge in [-0.05, 0) is 54.6 Å². The number of thiocarbonyl (C=S) groups is 1. The highest BCUT2D eigenvalue weighted by atomic mass is 32.1. The van der Waals surface area contributed by atoms with Crippen molar-refractivity contribution in [2.75, 3.05) is 6.54 Å². The van der Waals surface area contributed by atoms with E-state index in [1.165, 1.54) is 48.6 Å². The average molecular weight is 301 g/mol. The SMILES string of the molecule is S=C(NCCc1ccc2cc[nH]c2c1)NC1CCCCC1. The lowest BCUT2D eigenvalue weighted by molar-refractivity contribution is 0.412. The van der Waals surface area contributed by atoms with Gasteiger partial charge in [-0.15, -0.1) is 0 Å². The Morgan fingerprint density at radius 2 is 2.05 bits per heavy atom. The lowest BCUT2D eigenvalue weighted by Gasteiger charge is -2.24. The van der Waals surface area contributed by atoms with Crippen LogP contribution in [0.15, 0.2) is 30.5 Å². The van der Waals surface area contributed by atoms with Crippen molar-refractivity contribution in [3.8, 4) is 0 Å². The van der Waals surface area contributed by atoms with Gasteiger partial charge < -0.3 is 15.6 Å². The van der Waals surface area contributed by atoms with Crippen LogP contribution in [0, 0.1) is 0 Å². The van der Waals surface area contributed by atoms with E-state index in [2.05, 4.69) is 39.9 Å². The van der Waals surface area contributed by atoms with Crippen molar-refractivity contribution in [3.05, 3.63) is 36.0 Å². The zero-order valence-electron chi connectivity index (χ0n) is 12.3. The van der Waals surface area contributed by atoms with E-state index in [-0.39, 0.29) is 0 Å². The second-order valence-corrected chi connectivity index (χ2v) is 6.29. The number of aromatic amines is 1. The Labute approximate surface area is 131 Å². The summed E-state index contributed by atoms with van der Waals surface area (Å²) >= 11 is 5.39. The first-order chi connectivity index (χ1) is 10.3. The molecule has 0 bridgehead atoms. The van der Waals surface area contributed by atoms with E-state index in [9.17, 15) is 0 Å². The fraction of sp³-hybridized carbons (Fsp3) is 0.471. The minimum absolute atomic E-state index is 0.578. The molecule has 0 aliphatic heterocycles. The summed E-state index contributed by atoms with van der Waals surface area (Å²) in [6, 6.07) is 9.25. The Morgan fingerprint density at radius 1 is 1.19 bits per heavy atom. The highest BCUT2D eigenvalue weighted by Crippen LogP contribution is 2.17. The van der Waals surface area contributed by atoms with Crippen LogP contribution in [0.5, 0.6) is 0 Å². The number of aromatic nitrogens is 1. The smallest absolute Gasteiger partial charge is 0.166 e. The molecule has 0 unspecified atom stereocenters. The van der Waals surface area contributed by atoms with Crippen LogP contribution in [-0.4, -0.2) is 22.7 Å². The normalized spacial score (nSPS) is 16.0. The molecule has 4 heteroatoms. The van der Waals surface area contributed by atoms with Crippen molar-refractivity contribution in [3.63, 3.8) is 0 Å². The molecule has 112 valence electrons. The molecule has 0 amide bonds. The van der Waals surface area contributed by atoms with Gasteiger partial charge in [-0.25, -0.2) is 0 Å². The van der Waals surface area contributed by atoms with E-state index < -0.39 is 0 Å². The first kappa shape index (κ1) is 14.4. The fourth-order valence-electron chi connectivity index (χ4n) is 3.05. The minimum atomic E-state index is 0.578. The van der Waals surface area contributed by atoms with Crippen LogP contribution in [0.2, 0.25) is 0 Å². The molecule has 0 spiro atoms. The number of rotatable bonds is 4. The maximum atomic E-state index is 5.39. The van der Waals surface area contributed by atoms with E-state index in [1.807, 2.05) is 6.20 Å². The lowest BCUT2D eigenvalue weighted by atomic mass is 9.96. The Bertz CT molecular complexity index is 599. The molecule has 0 saturated heterocycles. The van der Waals surface area contributed by atoms with Crippen LogP contribution in [-0.2, 0) is 6.42 Å². The van der Waals surface area contributed by atoms with Gasteiger partial charge in [-0.3, -0.25) is 0 Å². The zero-order valence-corrected chi connectivity index (χ0v) is 13.1. The van der Waals surface area contributed by atoms with Gasteiger partial charge in [0, 0.05) is 24.3 Å². The van der Waals surface area contributed by atoms with E-state index in [4.69, 9.17) is 12.2 Å². The first-order valence-corrected chi connectivity index (χ1v) is 8.32. The highest BCUT2D eigenvalue weighted by molar-refractivity contribution is 7.80. The Balaban J connectivity index is 1.43. The van der Waals surface area contributed by atoms with Gasteiger partial charge >= 0.3 is 0 Å².